The fourth-order valence-corrected chi connectivity index (χ4v) is 3.55. The Labute approximate surface area is 101 Å². The molecule has 1 atom stereocenters. The van der Waals surface area contributed by atoms with E-state index in [4.69, 9.17) is 10.2 Å². The van der Waals surface area contributed by atoms with Crippen molar-refractivity contribution in [2.75, 3.05) is 6.54 Å². The topological polar surface area (TPSA) is 104 Å². The highest BCUT2D eigenvalue weighted by molar-refractivity contribution is 7.90. The van der Waals surface area contributed by atoms with E-state index in [9.17, 15) is 13.2 Å². The molecule has 3 N–H and O–H groups in total. The minimum Gasteiger partial charge on any atom is -0.479 e. The molecule has 0 radical (unpaired) electrons. The van der Waals surface area contributed by atoms with Gasteiger partial charge in [0.25, 0.3) is 0 Å². The number of hydrogen-bond acceptors (Lipinski definition) is 4. The van der Waals surface area contributed by atoms with Crippen LogP contribution in [0, 0.1) is 0 Å². The van der Waals surface area contributed by atoms with Gasteiger partial charge in [0, 0.05) is 6.54 Å². The summed E-state index contributed by atoms with van der Waals surface area (Å²) in [6.45, 7) is -0.0354. The summed E-state index contributed by atoms with van der Waals surface area (Å²) in [6.07, 6.45) is 2.62. The molecule has 0 heterocycles. The van der Waals surface area contributed by atoms with Crippen molar-refractivity contribution < 1.29 is 23.4 Å². The van der Waals surface area contributed by atoms with Crippen LogP contribution in [-0.2, 0) is 14.8 Å². The third kappa shape index (κ3) is 4.61. The zero-order valence-electron chi connectivity index (χ0n) is 9.63. The normalized spacial score (nSPS) is 20.1. The van der Waals surface area contributed by atoms with Crippen molar-refractivity contribution in [3.63, 3.8) is 0 Å². The maximum Gasteiger partial charge on any atom is 0.332 e. The molecule has 0 aliphatic heterocycles. The second kappa shape index (κ2) is 6.32. The van der Waals surface area contributed by atoms with Crippen LogP contribution in [0.3, 0.4) is 0 Å². The zero-order valence-corrected chi connectivity index (χ0v) is 10.4. The van der Waals surface area contributed by atoms with Crippen LogP contribution in [0.1, 0.15) is 38.5 Å². The highest BCUT2D eigenvalue weighted by atomic mass is 32.2. The van der Waals surface area contributed by atoms with E-state index in [0.29, 0.717) is 12.8 Å². The van der Waals surface area contributed by atoms with E-state index >= 15 is 0 Å². The quantitative estimate of drug-likeness (QED) is 0.630. The SMILES string of the molecule is O=C(O)[C@@H](O)CCNS(=O)(=O)C1CCCCC1. The van der Waals surface area contributed by atoms with Crippen LogP contribution in [0.25, 0.3) is 0 Å². The molecule has 0 aromatic heterocycles. The highest BCUT2D eigenvalue weighted by Gasteiger charge is 2.27. The van der Waals surface area contributed by atoms with E-state index in [0.717, 1.165) is 19.3 Å². The summed E-state index contributed by atoms with van der Waals surface area (Å²) in [5.74, 6) is -1.33. The zero-order chi connectivity index (χ0) is 12.9. The average Bonchev–Trinajstić information content (AvgIpc) is 2.29. The van der Waals surface area contributed by atoms with Gasteiger partial charge in [0.15, 0.2) is 6.10 Å². The lowest BCUT2D eigenvalue weighted by Crippen LogP contribution is -2.37. The van der Waals surface area contributed by atoms with Crippen LogP contribution >= 0.6 is 0 Å². The Morgan fingerprint density at radius 3 is 2.41 bits per heavy atom. The lowest BCUT2D eigenvalue weighted by atomic mass is 10.0. The molecule has 1 aliphatic rings. The first-order valence-corrected chi connectivity index (χ1v) is 7.37. The molecular formula is C10H19NO5S. The van der Waals surface area contributed by atoms with E-state index in [1.165, 1.54) is 0 Å². The molecule has 1 rings (SSSR count). The summed E-state index contributed by atoms with van der Waals surface area (Å²) >= 11 is 0. The second-order valence-corrected chi connectivity index (χ2v) is 6.39. The molecule has 1 aliphatic carbocycles. The molecule has 0 aromatic carbocycles. The van der Waals surface area contributed by atoms with E-state index in [-0.39, 0.29) is 18.2 Å². The van der Waals surface area contributed by atoms with Crippen molar-refractivity contribution in [2.45, 2.75) is 49.9 Å². The molecule has 1 fully saturated rings. The van der Waals surface area contributed by atoms with Gasteiger partial charge in [-0.05, 0) is 19.3 Å². The molecule has 17 heavy (non-hydrogen) atoms. The third-order valence-corrected chi connectivity index (χ3v) is 4.95. The molecule has 0 unspecified atom stereocenters. The van der Waals surface area contributed by atoms with Crippen LogP contribution < -0.4 is 4.72 Å². The van der Waals surface area contributed by atoms with Crippen molar-refractivity contribution >= 4 is 16.0 Å². The van der Waals surface area contributed by atoms with E-state index in [1.54, 1.807) is 0 Å². The summed E-state index contributed by atoms with van der Waals surface area (Å²) in [5, 5.41) is 17.1. The minimum atomic E-state index is -3.36. The Kier molecular flexibility index (Phi) is 5.35. The monoisotopic (exact) mass is 265 g/mol. The standard InChI is InChI=1S/C10H19NO5S/c12-9(10(13)14)6-7-11-17(15,16)8-4-2-1-3-5-8/h8-9,11-12H,1-7H2,(H,13,14)/t9-/m0/s1. The molecule has 1 saturated carbocycles. The summed E-state index contributed by atoms with van der Waals surface area (Å²) in [4.78, 5) is 10.3. The minimum absolute atomic E-state index is 0.0354. The first-order chi connectivity index (χ1) is 7.93. The molecule has 0 saturated heterocycles. The Morgan fingerprint density at radius 1 is 1.29 bits per heavy atom. The molecule has 7 heteroatoms. The van der Waals surface area contributed by atoms with Gasteiger partial charge in [-0.2, -0.15) is 0 Å². The Hall–Kier alpha value is -0.660. The highest BCUT2D eigenvalue weighted by Crippen LogP contribution is 2.22. The summed E-state index contributed by atoms with van der Waals surface area (Å²) < 4.78 is 26.0. The molecule has 100 valence electrons. The lowest BCUT2D eigenvalue weighted by Gasteiger charge is -2.22. The fourth-order valence-electron chi connectivity index (χ4n) is 1.95. The number of aliphatic hydroxyl groups is 1. The first kappa shape index (κ1) is 14.4. The molecule has 0 spiro atoms. The molecule has 6 nitrogen and oxygen atoms in total. The van der Waals surface area contributed by atoms with E-state index in [2.05, 4.69) is 4.72 Å². The van der Waals surface area contributed by atoms with Gasteiger partial charge in [-0.3, -0.25) is 0 Å². The fraction of sp³-hybridized carbons (Fsp3) is 0.900. The first-order valence-electron chi connectivity index (χ1n) is 5.83. The maximum atomic E-state index is 11.8. The largest absolute Gasteiger partial charge is 0.479 e. The van der Waals surface area contributed by atoms with Gasteiger partial charge in [-0.1, -0.05) is 19.3 Å². The number of hydrogen-bond donors (Lipinski definition) is 3. The number of carbonyl (C=O) groups is 1. The van der Waals surface area contributed by atoms with E-state index in [1.807, 2.05) is 0 Å². The van der Waals surface area contributed by atoms with Gasteiger partial charge in [0.05, 0.1) is 5.25 Å². The van der Waals surface area contributed by atoms with Gasteiger partial charge >= 0.3 is 5.97 Å². The van der Waals surface area contributed by atoms with Gasteiger partial charge < -0.3 is 10.2 Å². The lowest BCUT2D eigenvalue weighted by molar-refractivity contribution is -0.146. The molecular weight excluding hydrogens is 246 g/mol. The number of rotatable bonds is 6. The van der Waals surface area contributed by atoms with Gasteiger partial charge in [0.1, 0.15) is 0 Å². The van der Waals surface area contributed by atoms with Crippen molar-refractivity contribution in [1.29, 1.82) is 0 Å². The molecule has 0 bridgehead atoms. The number of aliphatic carboxylic acids is 1. The number of carboxylic acid groups (broad SMARTS) is 1. The predicted molar refractivity (Wildman–Crippen MR) is 62.1 cm³/mol. The van der Waals surface area contributed by atoms with Crippen molar-refractivity contribution in [1.82, 2.24) is 4.72 Å². The van der Waals surface area contributed by atoms with E-state index < -0.39 is 22.1 Å². The van der Waals surface area contributed by atoms with Crippen LogP contribution in [0.2, 0.25) is 0 Å². The van der Waals surface area contributed by atoms with Crippen molar-refractivity contribution in [2.24, 2.45) is 0 Å². The smallest absolute Gasteiger partial charge is 0.332 e. The van der Waals surface area contributed by atoms with Gasteiger partial charge in [-0.25, -0.2) is 17.9 Å². The third-order valence-electron chi connectivity index (χ3n) is 3.00. The Morgan fingerprint density at radius 2 is 1.88 bits per heavy atom. The van der Waals surface area contributed by atoms with Gasteiger partial charge in [-0.15, -0.1) is 0 Å². The Bertz CT molecular complexity index is 348. The number of sulfonamides is 1. The van der Waals surface area contributed by atoms with Crippen LogP contribution in [0.5, 0.6) is 0 Å². The summed E-state index contributed by atoms with van der Waals surface area (Å²) in [6, 6.07) is 0. The average molecular weight is 265 g/mol. The number of aliphatic hydroxyl groups excluding tert-OH is 1. The second-order valence-electron chi connectivity index (χ2n) is 4.34. The molecule has 0 amide bonds. The molecule has 0 aromatic rings. The van der Waals surface area contributed by atoms with Crippen molar-refractivity contribution in [3.8, 4) is 0 Å². The maximum absolute atomic E-state index is 11.8. The number of nitrogens with one attached hydrogen (secondary N) is 1. The Balaban J connectivity index is 2.36. The summed E-state index contributed by atoms with van der Waals surface area (Å²) in [7, 11) is -3.36. The van der Waals surface area contributed by atoms with Crippen LogP contribution in [0.4, 0.5) is 0 Å². The predicted octanol–water partition coefficient (Wildman–Crippen LogP) is 0.0741. The number of carboxylic acids is 1. The van der Waals surface area contributed by atoms with Gasteiger partial charge in [0.2, 0.25) is 10.0 Å². The summed E-state index contributed by atoms with van der Waals surface area (Å²) in [5.41, 5.74) is 0. The van der Waals surface area contributed by atoms with Crippen LogP contribution in [0.15, 0.2) is 0 Å². The van der Waals surface area contributed by atoms with Crippen molar-refractivity contribution in [3.05, 3.63) is 0 Å². The van der Waals surface area contributed by atoms with Crippen LogP contribution in [-0.4, -0.2) is 42.5 Å².